The van der Waals surface area contributed by atoms with Crippen molar-refractivity contribution in [2.24, 2.45) is 0 Å². The molecule has 2 aromatic rings. The zero-order chi connectivity index (χ0) is 19.2. The molecule has 0 bridgehead atoms. The summed E-state index contributed by atoms with van der Waals surface area (Å²) >= 11 is 0. The van der Waals surface area contributed by atoms with E-state index in [4.69, 9.17) is 5.73 Å². The second kappa shape index (κ2) is 8.95. The van der Waals surface area contributed by atoms with Crippen molar-refractivity contribution in [3.8, 4) is 0 Å². The first-order valence-corrected chi connectivity index (χ1v) is 9.31. The number of hydrogen-bond acceptors (Lipinski definition) is 3. The molecule has 1 unspecified atom stereocenters. The number of anilines is 1. The van der Waals surface area contributed by atoms with Crippen molar-refractivity contribution in [3.05, 3.63) is 65.2 Å². The Morgan fingerprint density at radius 2 is 1.89 bits per heavy atom. The first-order valence-electron chi connectivity index (χ1n) is 9.31. The molecule has 0 aliphatic carbocycles. The highest BCUT2D eigenvalue weighted by Gasteiger charge is 2.23. The van der Waals surface area contributed by atoms with Crippen molar-refractivity contribution < 1.29 is 13.6 Å². The number of nitrogens with two attached hydrogens (primary N) is 1. The van der Waals surface area contributed by atoms with Gasteiger partial charge in [-0.3, -0.25) is 9.69 Å². The summed E-state index contributed by atoms with van der Waals surface area (Å²) in [5.41, 5.74) is 7.66. The van der Waals surface area contributed by atoms with Gasteiger partial charge >= 0.3 is 0 Å². The molecule has 0 saturated carbocycles. The molecular weight excluding hydrogens is 348 g/mol. The molecular formula is C21H25F2N3O. The minimum absolute atomic E-state index is 0.00537. The summed E-state index contributed by atoms with van der Waals surface area (Å²) in [5, 5.41) is 3.04. The molecule has 0 radical (unpaired) electrons. The molecule has 27 heavy (non-hydrogen) atoms. The quantitative estimate of drug-likeness (QED) is 0.764. The number of likely N-dealkylation sites (tertiary alicyclic amines) is 1. The molecule has 1 amide bonds. The highest BCUT2D eigenvalue weighted by Crippen LogP contribution is 2.19. The maximum atomic E-state index is 13.9. The van der Waals surface area contributed by atoms with E-state index in [1.807, 2.05) is 29.2 Å². The minimum Gasteiger partial charge on any atom is -0.399 e. The van der Waals surface area contributed by atoms with E-state index in [-0.39, 0.29) is 24.1 Å². The topological polar surface area (TPSA) is 58.4 Å². The summed E-state index contributed by atoms with van der Waals surface area (Å²) in [6.07, 6.45) is 2.71. The van der Waals surface area contributed by atoms with Crippen LogP contribution in [0.4, 0.5) is 14.5 Å². The number of benzene rings is 2. The molecule has 6 heteroatoms. The van der Waals surface area contributed by atoms with Gasteiger partial charge in [0.15, 0.2) is 0 Å². The number of aryl methyl sites for hydroxylation is 1. The third-order valence-corrected chi connectivity index (χ3v) is 4.99. The lowest BCUT2D eigenvalue weighted by Gasteiger charge is -2.33. The monoisotopic (exact) mass is 373 g/mol. The largest absolute Gasteiger partial charge is 0.399 e. The Labute approximate surface area is 158 Å². The van der Waals surface area contributed by atoms with Crippen molar-refractivity contribution in [1.82, 2.24) is 10.2 Å². The van der Waals surface area contributed by atoms with E-state index < -0.39 is 11.6 Å². The maximum Gasteiger partial charge on any atom is 0.220 e. The lowest BCUT2D eigenvalue weighted by Crippen LogP contribution is -2.47. The Bertz CT molecular complexity index is 776. The van der Waals surface area contributed by atoms with Crippen molar-refractivity contribution in [2.75, 3.05) is 18.8 Å². The molecule has 1 saturated heterocycles. The number of para-hydroxylation sites is 1. The summed E-state index contributed by atoms with van der Waals surface area (Å²) in [6.45, 7) is 1.57. The average Bonchev–Trinajstić information content (AvgIpc) is 2.64. The van der Waals surface area contributed by atoms with E-state index in [0.29, 0.717) is 25.1 Å². The number of piperidine rings is 1. The van der Waals surface area contributed by atoms with Crippen LogP contribution in [0.5, 0.6) is 0 Å². The normalized spacial score (nSPS) is 17.6. The average molecular weight is 373 g/mol. The lowest BCUT2D eigenvalue weighted by molar-refractivity contribution is -0.122. The molecule has 1 atom stereocenters. The van der Waals surface area contributed by atoms with Crippen LogP contribution in [0.3, 0.4) is 0 Å². The highest BCUT2D eigenvalue weighted by atomic mass is 19.1. The Balaban J connectivity index is 1.50. The fourth-order valence-electron chi connectivity index (χ4n) is 3.53. The third-order valence-electron chi connectivity index (χ3n) is 4.99. The van der Waals surface area contributed by atoms with E-state index in [0.717, 1.165) is 24.9 Å². The van der Waals surface area contributed by atoms with Crippen molar-refractivity contribution >= 4 is 11.6 Å². The van der Waals surface area contributed by atoms with Gasteiger partial charge in [-0.1, -0.05) is 24.3 Å². The standard InChI is InChI=1S/C21H25F2N3O/c22-18-7-3-8-19(23)17(18)14-26-12-4-6-16(13-26)25-21(27)11-10-15-5-1-2-9-20(15)24/h1-3,5,7-9,16H,4,6,10-14,24H2,(H,25,27). The first-order chi connectivity index (χ1) is 13.0. The van der Waals surface area contributed by atoms with Gasteiger partial charge in [-0.25, -0.2) is 8.78 Å². The fourth-order valence-corrected chi connectivity index (χ4v) is 3.53. The Hall–Kier alpha value is -2.47. The van der Waals surface area contributed by atoms with Crippen molar-refractivity contribution in [2.45, 2.75) is 38.3 Å². The molecule has 1 aliphatic rings. The van der Waals surface area contributed by atoms with Gasteiger partial charge in [-0.15, -0.1) is 0 Å². The van der Waals surface area contributed by atoms with Crippen LogP contribution in [0.25, 0.3) is 0 Å². The number of carbonyl (C=O) groups excluding carboxylic acids is 1. The SMILES string of the molecule is Nc1ccccc1CCC(=O)NC1CCCN(Cc2c(F)cccc2F)C1. The molecule has 3 rings (SSSR count). The number of nitrogens with zero attached hydrogens (tertiary/aromatic N) is 1. The molecule has 3 N–H and O–H groups in total. The summed E-state index contributed by atoms with van der Waals surface area (Å²) in [7, 11) is 0. The van der Waals surface area contributed by atoms with Crippen LogP contribution in [0.15, 0.2) is 42.5 Å². The molecule has 144 valence electrons. The predicted molar refractivity (Wildman–Crippen MR) is 102 cm³/mol. The van der Waals surface area contributed by atoms with Crippen LogP contribution in [0.2, 0.25) is 0 Å². The molecule has 1 heterocycles. The van der Waals surface area contributed by atoms with E-state index >= 15 is 0 Å². The third kappa shape index (κ3) is 5.26. The predicted octanol–water partition coefficient (Wildman–Crippen LogP) is 3.26. The van der Waals surface area contributed by atoms with Crippen molar-refractivity contribution in [1.29, 1.82) is 0 Å². The number of nitrogen functional groups attached to an aromatic ring is 1. The van der Waals surface area contributed by atoms with Gasteiger partial charge in [0.25, 0.3) is 0 Å². The molecule has 1 fully saturated rings. The first kappa shape index (κ1) is 19.3. The van der Waals surface area contributed by atoms with Gasteiger partial charge in [0.1, 0.15) is 11.6 Å². The summed E-state index contributed by atoms with van der Waals surface area (Å²) in [4.78, 5) is 14.3. The summed E-state index contributed by atoms with van der Waals surface area (Å²) in [5.74, 6) is -1.08. The van der Waals surface area contributed by atoms with Gasteiger partial charge < -0.3 is 11.1 Å². The van der Waals surface area contributed by atoms with Crippen LogP contribution in [-0.2, 0) is 17.8 Å². The second-order valence-electron chi connectivity index (χ2n) is 7.04. The maximum absolute atomic E-state index is 13.9. The smallest absolute Gasteiger partial charge is 0.220 e. The number of hydrogen-bond donors (Lipinski definition) is 2. The zero-order valence-corrected chi connectivity index (χ0v) is 15.3. The fraction of sp³-hybridized carbons (Fsp3) is 0.381. The molecule has 4 nitrogen and oxygen atoms in total. The van der Waals surface area contributed by atoms with Crippen LogP contribution in [-0.4, -0.2) is 29.9 Å². The Morgan fingerprint density at radius 1 is 1.15 bits per heavy atom. The van der Waals surface area contributed by atoms with E-state index in [9.17, 15) is 13.6 Å². The number of nitrogens with one attached hydrogen (secondary N) is 1. The van der Waals surface area contributed by atoms with Crippen LogP contribution in [0, 0.1) is 11.6 Å². The summed E-state index contributed by atoms with van der Waals surface area (Å²) in [6, 6.07) is 11.4. The van der Waals surface area contributed by atoms with E-state index in [2.05, 4.69) is 5.32 Å². The van der Waals surface area contributed by atoms with Gasteiger partial charge in [0.2, 0.25) is 5.91 Å². The number of carbonyl (C=O) groups is 1. The number of rotatable bonds is 6. The van der Waals surface area contributed by atoms with Gasteiger partial charge in [0.05, 0.1) is 0 Å². The molecule has 2 aromatic carbocycles. The molecule has 1 aliphatic heterocycles. The molecule has 0 spiro atoms. The Morgan fingerprint density at radius 3 is 2.63 bits per heavy atom. The molecule has 0 aromatic heterocycles. The van der Waals surface area contributed by atoms with E-state index in [1.54, 1.807) is 0 Å². The lowest BCUT2D eigenvalue weighted by atomic mass is 10.0. The van der Waals surface area contributed by atoms with Crippen molar-refractivity contribution in [3.63, 3.8) is 0 Å². The van der Waals surface area contributed by atoms with E-state index in [1.165, 1.54) is 18.2 Å². The van der Waals surface area contributed by atoms with Crippen LogP contribution in [0.1, 0.15) is 30.4 Å². The van der Waals surface area contributed by atoms with Crippen LogP contribution >= 0.6 is 0 Å². The number of amides is 1. The second-order valence-corrected chi connectivity index (χ2v) is 7.04. The van der Waals surface area contributed by atoms with Gasteiger partial charge in [0, 0.05) is 36.8 Å². The number of halogens is 2. The van der Waals surface area contributed by atoms with Gasteiger partial charge in [-0.2, -0.15) is 0 Å². The Kier molecular flexibility index (Phi) is 6.40. The summed E-state index contributed by atoms with van der Waals surface area (Å²) < 4.78 is 27.7. The van der Waals surface area contributed by atoms with Crippen LogP contribution < -0.4 is 11.1 Å². The highest BCUT2D eigenvalue weighted by molar-refractivity contribution is 5.76. The van der Waals surface area contributed by atoms with Gasteiger partial charge in [-0.05, 0) is 49.6 Å². The zero-order valence-electron chi connectivity index (χ0n) is 15.3. The minimum atomic E-state index is -0.526.